The molecule has 1 amide bonds. The van der Waals surface area contributed by atoms with Crippen LogP contribution in [-0.2, 0) is 14.3 Å². The van der Waals surface area contributed by atoms with Crippen molar-refractivity contribution in [3.05, 3.63) is 0 Å². The Labute approximate surface area is 104 Å². The molecule has 0 atom stereocenters. The zero-order valence-electron chi connectivity index (χ0n) is 11.7. The van der Waals surface area contributed by atoms with E-state index in [9.17, 15) is 9.59 Å². The van der Waals surface area contributed by atoms with Crippen molar-refractivity contribution in [3.63, 3.8) is 0 Å². The summed E-state index contributed by atoms with van der Waals surface area (Å²) in [7, 11) is 0. The zero-order valence-corrected chi connectivity index (χ0v) is 11.7. The second-order valence-corrected chi connectivity index (χ2v) is 4.77. The number of hydrogen-bond donors (Lipinski definition) is 0. The zero-order chi connectivity index (χ0) is 13.5. The van der Waals surface area contributed by atoms with Gasteiger partial charge in [-0.25, -0.2) is 0 Å². The number of ether oxygens (including phenoxy) is 1. The molecule has 0 aromatic rings. The fraction of sp³-hybridized carbons (Fsp3) is 0.846. The summed E-state index contributed by atoms with van der Waals surface area (Å²) in [5, 5.41) is 0. The highest BCUT2D eigenvalue weighted by molar-refractivity contribution is 5.85. The maximum absolute atomic E-state index is 12.2. The van der Waals surface area contributed by atoms with Crippen molar-refractivity contribution in [3.8, 4) is 0 Å². The van der Waals surface area contributed by atoms with Crippen molar-refractivity contribution in [2.24, 2.45) is 5.41 Å². The Kier molecular flexibility index (Phi) is 6.85. The predicted octanol–water partition coefficient (Wildman–Crippen LogP) is 2.22. The smallest absolute Gasteiger partial charge is 0.325 e. The van der Waals surface area contributed by atoms with Gasteiger partial charge in [0.25, 0.3) is 0 Å². The van der Waals surface area contributed by atoms with E-state index in [2.05, 4.69) is 0 Å². The van der Waals surface area contributed by atoms with Crippen LogP contribution in [0.4, 0.5) is 0 Å². The fourth-order valence-corrected chi connectivity index (χ4v) is 1.46. The van der Waals surface area contributed by atoms with E-state index < -0.39 is 5.41 Å². The minimum absolute atomic E-state index is 0.0231. The van der Waals surface area contributed by atoms with Crippen LogP contribution in [0.1, 0.15) is 47.5 Å². The van der Waals surface area contributed by atoms with Crippen molar-refractivity contribution in [2.45, 2.75) is 47.5 Å². The average molecular weight is 243 g/mol. The summed E-state index contributed by atoms with van der Waals surface area (Å²) in [6.07, 6.45) is 1.60. The van der Waals surface area contributed by atoms with Gasteiger partial charge in [0.05, 0.1) is 6.61 Å². The van der Waals surface area contributed by atoms with E-state index in [1.165, 1.54) is 0 Å². The van der Waals surface area contributed by atoms with Crippen molar-refractivity contribution in [1.82, 2.24) is 4.90 Å². The molecule has 0 N–H and O–H groups in total. The topological polar surface area (TPSA) is 46.6 Å². The van der Waals surface area contributed by atoms with E-state index in [0.29, 0.717) is 13.2 Å². The molecular weight excluding hydrogens is 218 g/mol. The molecule has 4 heteroatoms. The number of carbonyl (C=O) groups is 2. The number of rotatable bonds is 7. The standard InChI is InChI=1S/C13H25NO3/c1-6-9-14(10-11(15)17-8-3)12(16)13(4,5)7-2/h6-10H2,1-5H3. The normalized spacial score (nSPS) is 11.1. The Morgan fingerprint density at radius 1 is 1.18 bits per heavy atom. The molecule has 0 aromatic heterocycles. The van der Waals surface area contributed by atoms with Gasteiger partial charge in [0.2, 0.25) is 5.91 Å². The minimum Gasteiger partial charge on any atom is -0.465 e. The fourth-order valence-electron chi connectivity index (χ4n) is 1.46. The van der Waals surface area contributed by atoms with Crippen molar-refractivity contribution < 1.29 is 14.3 Å². The highest BCUT2D eigenvalue weighted by atomic mass is 16.5. The summed E-state index contributed by atoms with van der Waals surface area (Å²) >= 11 is 0. The molecule has 0 aliphatic carbocycles. The molecule has 100 valence electrons. The molecule has 4 nitrogen and oxygen atoms in total. The maximum atomic E-state index is 12.2. The molecule has 0 aliphatic rings. The third kappa shape index (κ3) is 5.20. The van der Waals surface area contributed by atoms with E-state index >= 15 is 0 Å². The summed E-state index contributed by atoms with van der Waals surface area (Å²) in [6, 6.07) is 0. The summed E-state index contributed by atoms with van der Waals surface area (Å²) in [5.74, 6) is -0.309. The van der Waals surface area contributed by atoms with E-state index in [0.717, 1.165) is 12.8 Å². The lowest BCUT2D eigenvalue weighted by atomic mass is 9.88. The van der Waals surface area contributed by atoms with Crippen LogP contribution in [0.15, 0.2) is 0 Å². The first-order valence-electron chi connectivity index (χ1n) is 6.34. The van der Waals surface area contributed by atoms with Gasteiger partial charge in [-0.3, -0.25) is 9.59 Å². The molecule has 0 saturated carbocycles. The van der Waals surface area contributed by atoms with Crippen LogP contribution in [-0.4, -0.2) is 36.5 Å². The SMILES string of the molecule is CCCN(CC(=O)OCC)C(=O)C(C)(C)CC. The van der Waals surface area contributed by atoms with Crippen LogP contribution in [0.5, 0.6) is 0 Å². The van der Waals surface area contributed by atoms with Gasteiger partial charge in [0, 0.05) is 12.0 Å². The lowest BCUT2D eigenvalue weighted by Gasteiger charge is -2.30. The molecule has 0 bridgehead atoms. The molecule has 0 saturated heterocycles. The van der Waals surface area contributed by atoms with Gasteiger partial charge in [-0.05, 0) is 19.8 Å². The molecule has 0 unspecified atom stereocenters. The van der Waals surface area contributed by atoms with Crippen molar-refractivity contribution in [1.29, 1.82) is 0 Å². The second-order valence-electron chi connectivity index (χ2n) is 4.77. The van der Waals surface area contributed by atoms with Gasteiger partial charge >= 0.3 is 5.97 Å². The van der Waals surface area contributed by atoms with Crippen LogP contribution < -0.4 is 0 Å². The Hall–Kier alpha value is -1.06. The number of esters is 1. The van der Waals surface area contributed by atoms with Gasteiger partial charge in [0.15, 0.2) is 0 Å². The summed E-state index contributed by atoms with van der Waals surface area (Å²) in [5.41, 5.74) is -0.415. The molecule has 17 heavy (non-hydrogen) atoms. The average Bonchev–Trinajstić information content (AvgIpc) is 2.27. The van der Waals surface area contributed by atoms with E-state index in [1.54, 1.807) is 11.8 Å². The summed E-state index contributed by atoms with van der Waals surface area (Å²) in [4.78, 5) is 25.3. The van der Waals surface area contributed by atoms with E-state index in [4.69, 9.17) is 4.74 Å². The molecule has 0 rings (SSSR count). The van der Waals surface area contributed by atoms with Crippen LogP contribution in [0, 0.1) is 5.41 Å². The third-order valence-corrected chi connectivity index (χ3v) is 2.87. The van der Waals surface area contributed by atoms with Crippen LogP contribution in [0.2, 0.25) is 0 Å². The summed E-state index contributed by atoms with van der Waals surface area (Å²) in [6.45, 7) is 10.6. The molecular formula is C13H25NO3. The highest BCUT2D eigenvalue weighted by Crippen LogP contribution is 2.23. The van der Waals surface area contributed by atoms with Crippen LogP contribution in [0.25, 0.3) is 0 Å². The molecule has 0 aliphatic heterocycles. The van der Waals surface area contributed by atoms with Gasteiger partial charge in [-0.1, -0.05) is 27.7 Å². The first kappa shape index (κ1) is 15.9. The molecule has 0 fully saturated rings. The molecule has 0 radical (unpaired) electrons. The molecule has 0 aromatic carbocycles. The highest BCUT2D eigenvalue weighted by Gasteiger charge is 2.30. The lowest BCUT2D eigenvalue weighted by Crippen LogP contribution is -2.44. The lowest BCUT2D eigenvalue weighted by molar-refractivity contribution is -0.152. The van der Waals surface area contributed by atoms with Crippen molar-refractivity contribution in [2.75, 3.05) is 19.7 Å². The number of carbonyl (C=O) groups excluding carboxylic acids is 2. The maximum Gasteiger partial charge on any atom is 0.325 e. The van der Waals surface area contributed by atoms with Crippen molar-refractivity contribution >= 4 is 11.9 Å². The van der Waals surface area contributed by atoms with Crippen LogP contribution in [0.3, 0.4) is 0 Å². The molecule has 0 heterocycles. The van der Waals surface area contributed by atoms with Gasteiger partial charge < -0.3 is 9.64 Å². The number of amides is 1. The Balaban J connectivity index is 4.62. The Morgan fingerprint density at radius 3 is 2.18 bits per heavy atom. The third-order valence-electron chi connectivity index (χ3n) is 2.87. The predicted molar refractivity (Wildman–Crippen MR) is 67.6 cm³/mol. The monoisotopic (exact) mass is 243 g/mol. The second kappa shape index (κ2) is 7.30. The summed E-state index contributed by atoms with van der Waals surface area (Å²) < 4.78 is 4.88. The Bertz CT molecular complexity index is 261. The quantitative estimate of drug-likeness (QED) is 0.644. The number of nitrogens with zero attached hydrogens (tertiary/aromatic N) is 1. The first-order valence-corrected chi connectivity index (χ1v) is 6.34. The largest absolute Gasteiger partial charge is 0.465 e. The van der Waals surface area contributed by atoms with Crippen LogP contribution >= 0.6 is 0 Å². The first-order chi connectivity index (χ1) is 7.88. The van der Waals surface area contributed by atoms with Gasteiger partial charge in [0.1, 0.15) is 6.54 Å². The van der Waals surface area contributed by atoms with Gasteiger partial charge in [-0.15, -0.1) is 0 Å². The van der Waals surface area contributed by atoms with E-state index in [-0.39, 0.29) is 18.4 Å². The molecule has 0 spiro atoms. The Morgan fingerprint density at radius 2 is 1.76 bits per heavy atom. The number of hydrogen-bond acceptors (Lipinski definition) is 3. The van der Waals surface area contributed by atoms with Gasteiger partial charge in [-0.2, -0.15) is 0 Å². The van der Waals surface area contributed by atoms with E-state index in [1.807, 2.05) is 27.7 Å². The minimum atomic E-state index is -0.415.